The van der Waals surface area contributed by atoms with E-state index < -0.39 is 0 Å². The number of aryl methyl sites for hydroxylation is 1. The lowest BCUT2D eigenvalue weighted by atomic mass is 10.1. The average molecular weight is 313 g/mol. The van der Waals surface area contributed by atoms with Crippen LogP contribution in [0.5, 0.6) is 0 Å². The van der Waals surface area contributed by atoms with Crippen LogP contribution in [-0.2, 0) is 6.54 Å². The Kier molecular flexibility index (Phi) is 3.90. The number of para-hydroxylation sites is 1. The monoisotopic (exact) mass is 312 g/mol. The summed E-state index contributed by atoms with van der Waals surface area (Å²) in [7, 11) is 0. The second kappa shape index (κ2) is 5.85. The van der Waals surface area contributed by atoms with Crippen molar-refractivity contribution < 1.29 is 0 Å². The third-order valence-electron chi connectivity index (χ3n) is 3.90. The van der Waals surface area contributed by atoms with Gasteiger partial charge < -0.3 is 10.3 Å². The molecule has 0 aliphatic carbocycles. The number of aromatic amines is 1. The minimum absolute atomic E-state index is 0.0611. The molecule has 0 spiro atoms. The first-order valence-electron chi connectivity index (χ1n) is 7.17. The summed E-state index contributed by atoms with van der Waals surface area (Å²) >= 11 is 6.11. The highest BCUT2D eigenvalue weighted by atomic mass is 35.5. The summed E-state index contributed by atoms with van der Waals surface area (Å²) in [4.78, 5) is 15.2. The maximum absolute atomic E-state index is 12.2. The Balaban J connectivity index is 1.93. The zero-order chi connectivity index (χ0) is 15.7. The molecular formula is C18H17ClN2O. The lowest BCUT2D eigenvalue weighted by molar-refractivity contribution is 1.08. The fourth-order valence-electron chi connectivity index (χ4n) is 2.55. The maximum atomic E-state index is 12.2. The van der Waals surface area contributed by atoms with Gasteiger partial charge in [0.15, 0.2) is 0 Å². The molecule has 112 valence electrons. The van der Waals surface area contributed by atoms with E-state index in [0.29, 0.717) is 17.1 Å². The Bertz CT molecular complexity index is 899. The summed E-state index contributed by atoms with van der Waals surface area (Å²) in [5, 5.41) is 5.04. The van der Waals surface area contributed by atoms with E-state index in [1.807, 2.05) is 56.3 Å². The van der Waals surface area contributed by atoms with E-state index in [-0.39, 0.29) is 5.56 Å². The van der Waals surface area contributed by atoms with Gasteiger partial charge in [0, 0.05) is 22.8 Å². The topological polar surface area (TPSA) is 44.9 Å². The smallest absolute Gasteiger partial charge is 0.253 e. The first-order chi connectivity index (χ1) is 10.6. The average Bonchev–Trinajstić information content (AvgIpc) is 2.50. The Morgan fingerprint density at radius 1 is 1.14 bits per heavy atom. The van der Waals surface area contributed by atoms with E-state index in [1.54, 1.807) is 0 Å². The molecule has 0 aliphatic rings. The zero-order valence-corrected chi connectivity index (χ0v) is 13.3. The number of pyridine rings is 1. The summed E-state index contributed by atoms with van der Waals surface area (Å²) in [6.45, 7) is 4.41. The second-order valence-electron chi connectivity index (χ2n) is 5.43. The van der Waals surface area contributed by atoms with Crippen molar-refractivity contribution in [1.82, 2.24) is 4.98 Å². The molecule has 0 saturated heterocycles. The number of benzene rings is 2. The molecule has 2 aromatic carbocycles. The van der Waals surface area contributed by atoms with E-state index in [1.165, 1.54) is 0 Å². The number of hydrogen-bond acceptors (Lipinski definition) is 2. The third-order valence-corrected chi connectivity index (χ3v) is 4.31. The van der Waals surface area contributed by atoms with Crippen LogP contribution in [0.15, 0.2) is 47.3 Å². The van der Waals surface area contributed by atoms with Gasteiger partial charge in [0.2, 0.25) is 0 Å². The van der Waals surface area contributed by atoms with Crippen molar-refractivity contribution in [3.63, 3.8) is 0 Å². The van der Waals surface area contributed by atoms with Gasteiger partial charge in [0.25, 0.3) is 5.56 Å². The van der Waals surface area contributed by atoms with Crippen LogP contribution in [-0.4, -0.2) is 4.98 Å². The number of hydrogen-bond donors (Lipinski definition) is 2. The molecule has 3 aromatic rings. The summed E-state index contributed by atoms with van der Waals surface area (Å²) in [6.07, 6.45) is 0. The van der Waals surface area contributed by atoms with E-state index in [4.69, 9.17) is 11.6 Å². The van der Waals surface area contributed by atoms with Crippen LogP contribution in [0.1, 0.15) is 16.7 Å². The third kappa shape index (κ3) is 2.72. The second-order valence-corrected chi connectivity index (χ2v) is 5.84. The van der Waals surface area contributed by atoms with E-state index in [2.05, 4.69) is 10.3 Å². The van der Waals surface area contributed by atoms with Crippen molar-refractivity contribution >= 4 is 28.2 Å². The molecule has 1 heterocycles. The molecule has 2 N–H and O–H groups in total. The largest absolute Gasteiger partial charge is 0.380 e. The lowest BCUT2D eigenvalue weighted by Crippen LogP contribution is -2.16. The van der Waals surface area contributed by atoms with Gasteiger partial charge in [-0.15, -0.1) is 0 Å². The fraction of sp³-hybridized carbons (Fsp3) is 0.167. The predicted octanol–water partition coefficient (Wildman–Crippen LogP) is 4.41. The van der Waals surface area contributed by atoms with Crippen LogP contribution >= 0.6 is 11.6 Å². The van der Waals surface area contributed by atoms with Crippen LogP contribution < -0.4 is 10.9 Å². The zero-order valence-electron chi connectivity index (χ0n) is 12.5. The first kappa shape index (κ1) is 14.7. The van der Waals surface area contributed by atoms with Crippen LogP contribution in [0.2, 0.25) is 5.02 Å². The van der Waals surface area contributed by atoms with Crippen molar-refractivity contribution in [2.75, 3.05) is 5.32 Å². The van der Waals surface area contributed by atoms with Crippen LogP contribution in [0.4, 0.5) is 5.69 Å². The van der Waals surface area contributed by atoms with Crippen LogP contribution in [0.3, 0.4) is 0 Å². The number of fused-ring (bicyclic) bond motifs is 1. The van der Waals surface area contributed by atoms with Crippen LogP contribution in [0, 0.1) is 13.8 Å². The molecule has 0 atom stereocenters. The Morgan fingerprint density at radius 2 is 1.91 bits per heavy atom. The summed E-state index contributed by atoms with van der Waals surface area (Å²) in [5.41, 5.74) is 4.54. The SMILES string of the molecule is Cc1c(Cl)cccc1NCc1cc2cccc(C)c2[nH]c1=O. The van der Waals surface area contributed by atoms with E-state index in [9.17, 15) is 4.79 Å². The number of anilines is 1. The maximum Gasteiger partial charge on any atom is 0.253 e. The molecule has 0 unspecified atom stereocenters. The van der Waals surface area contributed by atoms with Gasteiger partial charge in [-0.05, 0) is 48.6 Å². The van der Waals surface area contributed by atoms with Gasteiger partial charge >= 0.3 is 0 Å². The van der Waals surface area contributed by atoms with E-state index >= 15 is 0 Å². The number of nitrogens with one attached hydrogen (secondary N) is 2. The molecule has 0 saturated carbocycles. The number of aromatic nitrogens is 1. The molecule has 22 heavy (non-hydrogen) atoms. The highest BCUT2D eigenvalue weighted by molar-refractivity contribution is 6.31. The molecule has 0 amide bonds. The highest BCUT2D eigenvalue weighted by Crippen LogP contribution is 2.23. The van der Waals surface area contributed by atoms with Crippen molar-refractivity contribution in [1.29, 1.82) is 0 Å². The van der Waals surface area contributed by atoms with Gasteiger partial charge in [-0.3, -0.25) is 4.79 Å². The van der Waals surface area contributed by atoms with Gasteiger partial charge in [-0.2, -0.15) is 0 Å². The minimum Gasteiger partial charge on any atom is -0.380 e. The molecule has 3 rings (SSSR count). The Morgan fingerprint density at radius 3 is 2.73 bits per heavy atom. The van der Waals surface area contributed by atoms with Crippen LogP contribution in [0.25, 0.3) is 10.9 Å². The Labute approximate surface area is 133 Å². The summed E-state index contributed by atoms with van der Waals surface area (Å²) in [5.74, 6) is 0. The van der Waals surface area contributed by atoms with E-state index in [0.717, 1.165) is 27.7 Å². The summed E-state index contributed by atoms with van der Waals surface area (Å²) in [6, 6.07) is 13.6. The van der Waals surface area contributed by atoms with Gasteiger partial charge in [0.05, 0.1) is 5.52 Å². The fourth-order valence-corrected chi connectivity index (χ4v) is 2.72. The molecule has 1 aromatic heterocycles. The highest BCUT2D eigenvalue weighted by Gasteiger charge is 2.06. The number of halogens is 1. The molecule has 0 radical (unpaired) electrons. The quantitative estimate of drug-likeness (QED) is 0.752. The molecule has 4 heteroatoms. The molecule has 0 bridgehead atoms. The van der Waals surface area contributed by atoms with Gasteiger partial charge in [-0.25, -0.2) is 0 Å². The summed E-state index contributed by atoms with van der Waals surface area (Å²) < 4.78 is 0. The van der Waals surface area contributed by atoms with Crippen molar-refractivity contribution in [3.8, 4) is 0 Å². The van der Waals surface area contributed by atoms with Crippen molar-refractivity contribution in [2.45, 2.75) is 20.4 Å². The molecule has 0 fully saturated rings. The molecular weight excluding hydrogens is 296 g/mol. The molecule has 3 nitrogen and oxygen atoms in total. The standard InChI is InChI=1S/C18H17ClN2O/c1-11-5-3-6-13-9-14(18(22)21-17(11)13)10-20-16-8-4-7-15(19)12(16)2/h3-9,20H,10H2,1-2H3,(H,21,22). The van der Waals surface area contributed by atoms with Gasteiger partial charge in [-0.1, -0.05) is 35.9 Å². The van der Waals surface area contributed by atoms with Gasteiger partial charge in [0.1, 0.15) is 0 Å². The lowest BCUT2D eigenvalue weighted by Gasteiger charge is -2.11. The Hall–Kier alpha value is -2.26. The normalized spacial score (nSPS) is 10.9. The van der Waals surface area contributed by atoms with Crippen molar-refractivity contribution in [2.24, 2.45) is 0 Å². The van der Waals surface area contributed by atoms with Crippen molar-refractivity contribution in [3.05, 3.63) is 74.5 Å². The predicted molar refractivity (Wildman–Crippen MR) is 92.8 cm³/mol. The molecule has 0 aliphatic heterocycles. The number of H-pyrrole nitrogens is 1. The minimum atomic E-state index is -0.0611. The number of rotatable bonds is 3. The first-order valence-corrected chi connectivity index (χ1v) is 7.54.